The molecule has 2 saturated carbocycles. The van der Waals surface area contributed by atoms with Gasteiger partial charge in [0.2, 0.25) is 0 Å². The minimum Gasteiger partial charge on any atom is -0.371 e. The first-order chi connectivity index (χ1) is 17.3. The van der Waals surface area contributed by atoms with E-state index in [-0.39, 0.29) is 6.08 Å². The Balaban J connectivity index is 1.16. The van der Waals surface area contributed by atoms with Gasteiger partial charge in [0.15, 0.2) is 0 Å². The molecule has 0 N–H and O–H groups in total. The Hall–Kier alpha value is -1.36. The van der Waals surface area contributed by atoms with Gasteiger partial charge in [-0.25, -0.2) is 4.39 Å². The Morgan fingerprint density at radius 3 is 1.89 bits per heavy atom. The molecule has 1 aromatic rings. The van der Waals surface area contributed by atoms with Gasteiger partial charge in [-0.1, -0.05) is 44.0 Å². The molecule has 1 nitrogen and oxygen atoms in total. The molecule has 0 radical (unpaired) electrons. The summed E-state index contributed by atoms with van der Waals surface area (Å²) in [6, 6.07) is 9.44. The van der Waals surface area contributed by atoms with E-state index in [2.05, 4.69) is 31.2 Å². The molecule has 3 fully saturated rings. The highest BCUT2D eigenvalue weighted by atomic mass is 19.4. The van der Waals surface area contributed by atoms with Crippen molar-refractivity contribution >= 4 is 0 Å². The lowest BCUT2D eigenvalue weighted by Gasteiger charge is -2.41. The molecule has 4 rings (SSSR count). The molecular weight excluding hydrogens is 464 g/mol. The molecule has 1 heterocycles. The first-order valence-corrected chi connectivity index (χ1v) is 14.5. The normalized spacial score (nSPS) is 32.4. The lowest BCUT2D eigenvalue weighted by Crippen LogP contribution is -2.34. The molecular formula is C31H44F4O. The van der Waals surface area contributed by atoms with Gasteiger partial charge in [0, 0.05) is 0 Å². The topological polar surface area (TPSA) is 9.23 Å². The quantitative estimate of drug-likeness (QED) is 0.251. The van der Waals surface area contributed by atoms with Crippen molar-refractivity contribution in [3.8, 4) is 0 Å². The van der Waals surface area contributed by atoms with E-state index >= 15 is 0 Å². The Labute approximate surface area is 215 Å². The molecule has 2 unspecified atom stereocenters. The van der Waals surface area contributed by atoms with Gasteiger partial charge in [-0.2, -0.15) is 13.2 Å². The summed E-state index contributed by atoms with van der Waals surface area (Å²) in [7, 11) is 0. The third-order valence-corrected chi connectivity index (χ3v) is 9.36. The first-order valence-electron chi connectivity index (χ1n) is 14.5. The van der Waals surface area contributed by atoms with Crippen LogP contribution in [0.3, 0.4) is 0 Å². The maximum atomic E-state index is 13.8. The molecule has 36 heavy (non-hydrogen) atoms. The summed E-state index contributed by atoms with van der Waals surface area (Å²) in [5.41, 5.74) is 2.99. The van der Waals surface area contributed by atoms with Crippen LogP contribution in [0.4, 0.5) is 17.6 Å². The van der Waals surface area contributed by atoms with Gasteiger partial charge >= 0.3 is 6.18 Å². The molecule has 3 aliphatic rings. The Bertz CT molecular complexity index is 806. The number of hydrogen-bond acceptors (Lipinski definition) is 1. The van der Waals surface area contributed by atoms with E-state index in [4.69, 9.17) is 4.74 Å². The number of alkyl halides is 3. The zero-order chi connectivity index (χ0) is 25.5. The first kappa shape index (κ1) is 27.7. The second kappa shape index (κ2) is 12.9. The molecule has 0 aromatic heterocycles. The Morgan fingerprint density at radius 1 is 0.806 bits per heavy atom. The fraction of sp³-hybridized carbons (Fsp3) is 0.742. The Morgan fingerprint density at radius 2 is 1.36 bits per heavy atom. The average Bonchev–Trinajstić information content (AvgIpc) is 2.89. The molecule has 2 aliphatic carbocycles. The summed E-state index contributed by atoms with van der Waals surface area (Å²) in [6.07, 6.45) is 10.4. The standard InChI is InChI=1S/C31H44F4O/c1-2-3-4-5-22-6-8-23(9-7-22)24-10-12-25(13-11-24)26-14-16-27(17-15-26)28-18-19-30(36-21-28)29(32)20-31(33,34)35/h6-9,20,24-28,30H,2-5,10-19,21H2,1H3. The van der Waals surface area contributed by atoms with Crippen molar-refractivity contribution < 1.29 is 22.3 Å². The second-order valence-electron chi connectivity index (χ2n) is 11.7. The third-order valence-electron chi connectivity index (χ3n) is 9.36. The maximum absolute atomic E-state index is 13.8. The number of ether oxygens (including phenoxy) is 1. The van der Waals surface area contributed by atoms with E-state index in [0.29, 0.717) is 30.8 Å². The van der Waals surface area contributed by atoms with Crippen LogP contribution >= 0.6 is 0 Å². The van der Waals surface area contributed by atoms with Crippen LogP contribution < -0.4 is 0 Å². The van der Waals surface area contributed by atoms with Crippen molar-refractivity contribution in [3.05, 3.63) is 47.3 Å². The van der Waals surface area contributed by atoms with Crippen LogP contribution in [0, 0.1) is 23.7 Å². The SMILES string of the molecule is CCCCCc1ccc(C2CCC(C3CCC(C4CCC(C(F)=CC(F)(F)F)OC4)CC3)CC2)cc1. The van der Waals surface area contributed by atoms with Crippen molar-refractivity contribution in [2.45, 2.75) is 115 Å². The van der Waals surface area contributed by atoms with Crippen LogP contribution in [0.25, 0.3) is 0 Å². The maximum Gasteiger partial charge on any atom is 0.412 e. The van der Waals surface area contributed by atoms with Crippen molar-refractivity contribution in [3.63, 3.8) is 0 Å². The summed E-state index contributed by atoms with van der Waals surface area (Å²) in [4.78, 5) is 0. The highest BCUT2D eigenvalue weighted by Crippen LogP contribution is 2.46. The molecule has 0 amide bonds. The molecule has 1 saturated heterocycles. The number of rotatable bonds is 8. The van der Waals surface area contributed by atoms with E-state index in [0.717, 1.165) is 18.3 Å². The zero-order valence-electron chi connectivity index (χ0n) is 21.9. The molecule has 0 bridgehead atoms. The molecule has 2 atom stereocenters. The smallest absolute Gasteiger partial charge is 0.371 e. The number of unbranched alkanes of at least 4 members (excludes halogenated alkanes) is 2. The van der Waals surface area contributed by atoms with Crippen molar-refractivity contribution in [1.82, 2.24) is 0 Å². The van der Waals surface area contributed by atoms with E-state index in [9.17, 15) is 17.6 Å². The number of halogens is 4. The highest BCUT2D eigenvalue weighted by molar-refractivity contribution is 5.26. The second-order valence-corrected chi connectivity index (χ2v) is 11.7. The van der Waals surface area contributed by atoms with Crippen LogP contribution in [-0.2, 0) is 11.2 Å². The summed E-state index contributed by atoms with van der Waals surface area (Å²) in [5, 5.41) is 0. The largest absolute Gasteiger partial charge is 0.412 e. The van der Waals surface area contributed by atoms with Gasteiger partial charge in [0.1, 0.15) is 11.9 Å². The molecule has 5 heteroatoms. The van der Waals surface area contributed by atoms with Crippen molar-refractivity contribution in [1.29, 1.82) is 0 Å². The molecule has 202 valence electrons. The summed E-state index contributed by atoms with van der Waals surface area (Å²) < 4.78 is 56.6. The summed E-state index contributed by atoms with van der Waals surface area (Å²) >= 11 is 0. The van der Waals surface area contributed by atoms with Gasteiger partial charge < -0.3 is 4.74 Å². The van der Waals surface area contributed by atoms with Gasteiger partial charge in [-0.05, 0) is 118 Å². The number of allylic oxidation sites excluding steroid dienone is 1. The van der Waals surface area contributed by atoms with Gasteiger partial charge in [-0.3, -0.25) is 0 Å². The van der Waals surface area contributed by atoms with Crippen molar-refractivity contribution in [2.24, 2.45) is 23.7 Å². The predicted octanol–water partition coefficient (Wildman–Crippen LogP) is 9.71. The minimum atomic E-state index is -4.62. The van der Waals surface area contributed by atoms with Crippen LogP contribution in [-0.4, -0.2) is 18.9 Å². The number of hydrogen-bond donors (Lipinski definition) is 0. The Kier molecular flexibility index (Phi) is 9.94. The minimum absolute atomic E-state index is 0.248. The average molecular weight is 509 g/mol. The molecule has 1 aliphatic heterocycles. The lowest BCUT2D eigenvalue weighted by atomic mass is 9.66. The van der Waals surface area contributed by atoms with Crippen LogP contribution in [0.15, 0.2) is 36.2 Å². The van der Waals surface area contributed by atoms with Gasteiger partial charge in [0.25, 0.3) is 0 Å². The third kappa shape index (κ3) is 7.82. The van der Waals surface area contributed by atoms with E-state index in [1.165, 1.54) is 88.2 Å². The summed E-state index contributed by atoms with van der Waals surface area (Å²) in [5.74, 6) is 2.12. The van der Waals surface area contributed by atoms with Crippen LogP contribution in [0.2, 0.25) is 0 Å². The zero-order valence-corrected chi connectivity index (χ0v) is 21.9. The predicted molar refractivity (Wildman–Crippen MR) is 138 cm³/mol. The summed E-state index contributed by atoms with van der Waals surface area (Å²) in [6.45, 7) is 2.64. The monoisotopic (exact) mass is 508 g/mol. The fourth-order valence-electron chi connectivity index (χ4n) is 7.16. The molecule has 1 aromatic carbocycles. The van der Waals surface area contributed by atoms with Gasteiger partial charge in [-0.15, -0.1) is 0 Å². The fourth-order valence-corrected chi connectivity index (χ4v) is 7.16. The molecule has 0 spiro atoms. The van der Waals surface area contributed by atoms with E-state index in [1.807, 2.05) is 0 Å². The number of benzene rings is 1. The van der Waals surface area contributed by atoms with E-state index < -0.39 is 18.1 Å². The van der Waals surface area contributed by atoms with Crippen LogP contribution in [0.5, 0.6) is 0 Å². The van der Waals surface area contributed by atoms with Crippen LogP contribution in [0.1, 0.15) is 107 Å². The van der Waals surface area contributed by atoms with Gasteiger partial charge in [0.05, 0.1) is 12.7 Å². The number of aryl methyl sites for hydroxylation is 1. The lowest BCUT2D eigenvalue weighted by molar-refractivity contribution is -0.0856. The van der Waals surface area contributed by atoms with E-state index in [1.54, 1.807) is 0 Å². The highest BCUT2D eigenvalue weighted by Gasteiger charge is 2.36. The van der Waals surface area contributed by atoms with Crippen molar-refractivity contribution in [2.75, 3.05) is 6.61 Å².